The van der Waals surface area contributed by atoms with Crippen LogP contribution in [-0.2, 0) is 11.3 Å². The van der Waals surface area contributed by atoms with Crippen molar-refractivity contribution in [1.82, 2.24) is 15.1 Å². The van der Waals surface area contributed by atoms with Crippen LogP contribution in [-0.4, -0.2) is 26.1 Å². The van der Waals surface area contributed by atoms with Crippen molar-refractivity contribution in [2.75, 3.05) is 0 Å². The molecule has 2 heterocycles. The monoisotopic (exact) mass is 281 g/mol. The molecule has 0 saturated carbocycles. The zero-order valence-corrected chi connectivity index (χ0v) is 11.2. The summed E-state index contributed by atoms with van der Waals surface area (Å²) in [6.07, 6.45) is 5.20. The standard InChI is InChI=1S/C15H12N4O2/c20-14(21)6-8-19-7-5-12(10-17-19)15-16-9-11-3-1-2-4-13(11)18-15/h1-5,7,9-10H,6,8H2/p+1. The largest absolute Gasteiger partial charge is 0.481 e. The maximum atomic E-state index is 10.5. The van der Waals surface area contributed by atoms with Crippen LogP contribution >= 0.6 is 0 Å². The summed E-state index contributed by atoms with van der Waals surface area (Å²) in [6.45, 7) is 0.341. The summed E-state index contributed by atoms with van der Waals surface area (Å²) in [7, 11) is 0. The molecule has 1 N–H and O–H groups in total. The molecule has 0 atom stereocenters. The Morgan fingerprint density at radius 1 is 1.19 bits per heavy atom. The number of fused-ring (bicyclic) bond motifs is 1. The van der Waals surface area contributed by atoms with E-state index in [1.165, 1.54) is 0 Å². The zero-order chi connectivity index (χ0) is 14.7. The lowest BCUT2D eigenvalue weighted by atomic mass is 10.2. The Morgan fingerprint density at radius 3 is 2.81 bits per heavy atom. The fraction of sp³-hybridized carbons (Fsp3) is 0.133. The molecule has 0 unspecified atom stereocenters. The fourth-order valence-electron chi connectivity index (χ4n) is 1.97. The molecule has 3 aromatic rings. The van der Waals surface area contributed by atoms with Gasteiger partial charge in [-0.15, -0.1) is 0 Å². The van der Waals surface area contributed by atoms with E-state index in [4.69, 9.17) is 5.11 Å². The van der Waals surface area contributed by atoms with Crippen LogP contribution < -0.4 is 4.68 Å². The van der Waals surface area contributed by atoms with Crippen LogP contribution in [0.25, 0.3) is 22.3 Å². The number of hydrogen-bond donors (Lipinski definition) is 1. The lowest BCUT2D eigenvalue weighted by Crippen LogP contribution is -2.38. The van der Waals surface area contributed by atoms with Gasteiger partial charge < -0.3 is 5.11 Å². The van der Waals surface area contributed by atoms with Crippen LogP contribution in [0, 0.1) is 0 Å². The summed E-state index contributed by atoms with van der Waals surface area (Å²) in [6, 6.07) is 9.61. The quantitative estimate of drug-likeness (QED) is 0.732. The van der Waals surface area contributed by atoms with Gasteiger partial charge in [0.25, 0.3) is 0 Å². The van der Waals surface area contributed by atoms with E-state index in [2.05, 4.69) is 15.1 Å². The van der Waals surface area contributed by atoms with E-state index < -0.39 is 5.97 Å². The number of rotatable bonds is 4. The normalized spacial score (nSPS) is 10.7. The highest BCUT2D eigenvalue weighted by molar-refractivity contribution is 5.79. The Bertz CT molecular complexity index is 787. The van der Waals surface area contributed by atoms with Crippen molar-refractivity contribution in [3.05, 3.63) is 48.9 Å². The SMILES string of the molecule is O=C(O)CC[n+]1ccc(-c2ncc3ccccc3n2)cn1. The minimum absolute atomic E-state index is 0.0451. The van der Waals surface area contributed by atoms with E-state index >= 15 is 0 Å². The minimum atomic E-state index is -0.841. The van der Waals surface area contributed by atoms with Crippen LogP contribution in [0.15, 0.2) is 48.9 Å². The lowest BCUT2D eigenvalue weighted by Gasteiger charge is -2.01. The number of carboxylic acid groups (broad SMARTS) is 1. The topological polar surface area (TPSA) is 79.9 Å². The van der Waals surface area contributed by atoms with Gasteiger partial charge in [0.15, 0.2) is 18.6 Å². The first-order valence-corrected chi connectivity index (χ1v) is 6.52. The highest BCUT2D eigenvalue weighted by Crippen LogP contribution is 2.16. The average molecular weight is 281 g/mol. The second kappa shape index (κ2) is 5.62. The molecule has 0 saturated heterocycles. The average Bonchev–Trinajstić information content (AvgIpc) is 2.53. The molecule has 0 aliphatic carbocycles. The number of para-hydroxylation sites is 1. The van der Waals surface area contributed by atoms with Crippen molar-refractivity contribution < 1.29 is 14.6 Å². The van der Waals surface area contributed by atoms with Crippen LogP contribution in [0.2, 0.25) is 0 Å². The summed E-state index contributed by atoms with van der Waals surface area (Å²) < 4.78 is 1.58. The van der Waals surface area contributed by atoms with Gasteiger partial charge in [-0.3, -0.25) is 4.79 Å². The predicted octanol–water partition coefficient (Wildman–Crippen LogP) is 1.45. The third-order valence-corrected chi connectivity index (χ3v) is 3.07. The number of carbonyl (C=O) groups is 1. The second-order valence-corrected chi connectivity index (χ2v) is 4.57. The van der Waals surface area contributed by atoms with Crippen molar-refractivity contribution >= 4 is 16.9 Å². The Balaban J connectivity index is 1.86. The van der Waals surface area contributed by atoms with Gasteiger partial charge in [-0.05, 0) is 11.2 Å². The molecular weight excluding hydrogens is 268 g/mol. The van der Waals surface area contributed by atoms with Gasteiger partial charge in [0.1, 0.15) is 12.6 Å². The van der Waals surface area contributed by atoms with Gasteiger partial charge in [-0.2, -0.15) is 0 Å². The molecule has 0 amide bonds. The molecule has 2 aromatic heterocycles. The smallest absolute Gasteiger partial charge is 0.309 e. The van der Waals surface area contributed by atoms with Crippen LogP contribution in [0.1, 0.15) is 6.42 Å². The second-order valence-electron chi connectivity index (χ2n) is 4.57. The summed E-state index contributed by atoms with van der Waals surface area (Å²) in [4.78, 5) is 19.3. The molecule has 104 valence electrons. The van der Waals surface area contributed by atoms with Gasteiger partial charge in [-0.25, -0.2) is 9.97 Å². The molecule has 3 rings (SSSR count). The van der Waals surface area contributed by atoms with Crippen molar-refractivity contribution in [1.29, 1.82) is 0 Å². The van der Waals surface area contributed by atoms with Crippen molar-refractivity contribution in [3.8, 4) is 11.4 Å². The molecule has 0 fully saturated rings. The number of carboxylic acids is 1. The molecule has 0 aliphatic heterocycles. The van der Waals surface area contributed by atoms with Crippen molar-refractivity contribution in [2.45, 2.75) is 13.0 Å². The number of aryl methyl sites for hydroxylation is 1. The summed E-state index contributed by atoms with van der Waals surface area (Å²) in [5, 5.41) is 13.8. The van der Waals surface area contributed by atoms with E-state index in [9.17, 15) is 4.79 Å². The first-order valence-electron chi connectivity index (χ1n) is 6.52. The number of benzene rings is 1. The van der Waals surface area contributed by atoms with E-state index in [1.54, 1.807) is 23.3 Å². The minimum Gasteiger partial charge on any atom is -0.481 e. The summed E-state index contributed by atoms with van der Waals surface area (Å²) >= 11 is 0. The highest BCUT2D eigenvalue weighted by atomic mass is 16.4. The number of aliphatic carboxylic acids is 1. The zero-order valence-electron chi connectivity index (χ0n) is 11.2. The van der Waals surface area contributed by atoms with Crippen LogP contribution in [0.4, 0.5) is 0 Å². The van der Waals surface area contributed by atoms with E-state index in [0.29, 0.717) is 12.4 Å². The molecular formula is C15H13N4O2+. The van der Waals surface area contributed by atoms with Gasteiger partial charge in [0.2, 0.25) is 0 Å². The molecule has 1 aromatic carbocycles. The third kappa shape index (κ3) is 3.00. The van der Waals surface area contributed by atoms with Crippen molar-refractivity contribution in [2.24, 2.45) is 0 Å². The van der Waals surface area contributed by atoms with Crippen LogP contribution in [0.3, 0.4) is 0 Å². The summed E-state index contributed by atoms with van der Waals surface area (Å²) in [5.74, 6) is -0.238. The molecule has 0 radical (unpaired) electrons. The number of aromatic nitrogens is 4. The first-order chi connectivity index (χ1) is 10.2. The third-order valence-electron chi connectivity index (χ3n) is 3.07. The van der Waals surface area contributed by atoms with E-state index in [-0.39, 0.29) is 6.42 Å². The molecule has 21 heavy (non-hydrogen) atoms. The molecule has 0 bridgehead atoms. The van der Waals surface area contributed by atoms with Gasteiger partial charge >= 0.3 is 5.97 Å². The van der Waals surface area contributed by atoms with Crippen molar-refractivity contribution in [3.63, 3.8) is 0 Å². The van der Waals surface area contributed by atoms with E-state index in [0.717, 1.165) is 16.5 Å². The van der Waals surface area contributed by atoms with Gasteiger partial charge in [0.05, 0.1) is 5.52 Å². The first kappa shape index (κ1) is 13.1. The Hall–Kier alpha value is -2.89. The Kier molecular flexibility index (Phi) is 3.51. The maximum Gasteiger partial charge on any atom is 0.309 e. The lowest BCUT2D eigenvalue weighted by molar-refractivity contribution is -0.752. The molecule has 6 nitrogen and oxygen atoms in total. The molecule has 0 spiro atoms. The van der Waals surface area contributed by atoms with Gasteiger partial charge in [-0.1, -0.05) is 22.9 Å². The highest BCUT2D eigenvalue weighted by Gasteiger charge is 2.09. The van der Waals surface area contributed by atoms with Crippen LogP contribution in [0.5, 0.6) is 0 Å². The summed E-state index contributed by atoms with van der Waals surface area (Å²) in [5.41, 5.74) is 1.68. The number of nitrogens with zero attached hydrogens (tertiary/aromatic N) is 4. The van der Waals surface area contributed by atoms with Gasteiger partial charge in [0, 0.05) is 23.2 Å². The fourth-order valence-corrected chi connectivity index (χ4v) is 1.97. The molecule has 0 aliphatic rings. The number of hydrogen-bond acceptors (Lipinski definition) is 4. The Labute approximate surface area is 120 Å². The predicted molar refractivity (Wildman–Crippen MR) is 75.2 cm³/mol. The molecule has 6 heteroatoms. The maximum absolute atomic E-state index is 10.5. The Morgan fingerprint density at radius 2 is 2.05 bits per heavy atom. The van der Waals surface area contributed by atoms with E-state index in [1.807, 2.05) is 30.3 Å².